The van der Waals surface area contributed by atoms with Gasteiger partial charge >= 0.3 is 5.97 Å². The molecule has 1 N–H and O–H groups in total. The van der Waals surface area contributed by atoms with Crippen molar-refractivity contribution in [2.75, 3.05) is 20.8 Å². The average Bonchev–Trinajstić information content (AvgIpc) is 2.76. The SMILES string of the molecule is CCCCOc1ccc(/C=C/C(=O)NCc2ccc(C(=O)OC)cc2)cc1OC. The number of unbranched alkanes of at least 4 members (excludes halogenated alkanes) is 1. The molecule has 2 aromatic carbocycles. The number of ether oxygens (including phenoxy) is 3. The summed E-state index contributed by atoms with van der Waals surface area (Å²) >= 11 is 0. The predicted octanol–water partition coefficient (Wildman–Crippen LogP) is 3.99. The fraction of sp³-hybridized carbons (Fsp3) is 0.304. The summed E-state index contributed by atoms with van der Waals surface area (Å²) in [5.74, 6) is 0.720. The Morgan fingerprint density at radius 1 is 1.03 bits per heavy atom. The molecule has 0 aliphatic carbocycles. The highest BCUT2D eigenvalue weighted by molar-refractivity contribution is 5.92. The summed E-state index contributed by atoms with van der Waals surface area (Å²) in [6.07, 6.45) is 5.23. The van der Waals surface area contributed by atoms with Crippen LogP contribution >= 0.6 is 0 Å². The molecule has 1 amide bonds. The Labute approximate surface area is 171 Å². The summed E-state index contributed by atoms with van der Waals surface area (Å²) in [5, 5.41) is 2.81. The van der Waals surface area contributed by atoms with Crippen molar-refractivity contribution in [3.8, 4) is 11.5 Å². The van der Waals surface area contributed by atoms with Gasteiger partial charge in [0.2, 0.25) is 5.91 Å². The van der Waals surface area contributed by atoms with Crippen molar-refractivity contribution in [3.63, 3.8) is 0 Å². The zero-order valence-electron chi connectivity index (χ0n) is 17.1. The van der Waals surface area contributed by atoms with Crippen molar-refractivity contribution in [2.45, 2.75) is 26.3 Å². The summed E-state index contributed by atoms with van der Waals surface area (Å²) < 4.78 is 15.7. The standard InChI is InChI=1S/C23H27NO5/c1-4-5-14-29-20-12-8-17(15-21(20)27-2)9-13-22(25)24-16-18-6-10-19(11-7-18)23(26)28-3/h6-13,15H,4-5,14,16H2,1-3H3,(H,24,25)/b13-9+. The van der Waals surface area contributed by atoms with Crippen LogP contribution in [0.5, 0.6) is 11.5 Å². The minimum absolute atomic E-state index is 0.218. The van der Waals surface area contributed by atoms with Gasteiger partial charge in [0.15, 0.2) is 11.5 Å². The van der Waals surface area contributed by atoms with Gasteiger partial charge in [-0.3, -0.25) is 4.79 Å². The number of methoxy groups -OCH3 is 2. The third-order valence-corrected chi connectivity index (χ3v) is 4.21. The molecule has 0 unspecified atom stereocenters. The summed E-state index contributed by atoms with van der Waals surface area (Å²) in [5.41, 5.74) is 2.19. The van der Waals surface area contributed by atoms with E-state index in [0.717, 1.165) is 24.0 Å². The average molecular weight is 397 g/mol. The molecule has 0 saturated heterocycles. The van der Waals surface area contributed by atoms with E-state index < -0.39 is 0 Å². The number of nitrogens with one attached hydrogen (secondary N) is 1. The molecule has 0 atom stereocenters. The van der Waals surface area contributed by atoms with Gasteiger partial charge in [-0.25, -0.2) is 4.79 Å². The maximum atomic E-state index is 12.1. The Hall–Kier alpha value is -3.28. The first-order valence-corrected chi connectivity index (χ1v) is 9.51. The molecular weight excluding hydrogens is 370 g/mol. The quantitative estimate of drug-likeness (QED) is 0.373. The van der Waals surface area contributed by atoms with Crippen molar-refractivity contribution in [1.82, 2.24) is 5.32 Å². The molecule has 29 heavy (non-hydrogen) atoms. The summed E-state index contributed by atoms with van der Waals surface area (Å²) in [4.78, 5) is 23.5. The van der Waals surface area contributed by atoms with Gasteiger partial charge < -0.3 is 19.5 Å². The molecule has 0 radical (unpaired) electrons. The highest BCUT2D eigenvalue weighted by Crippen LogP contribution is 2.28. The van der Waals surface area contributed by atoms with Crippen molar-refractivity contribution < 1.29 is 23.8 Å². The molecular formula is C23H27NO5. The topological polar surface area (TPSA) is 73.9 Å². The highest BCUT2D eigenvalue weighted by Gasteiger charge is 2.06. The van der Waals surface area contributed by atoms with E-state index in [0.29, 0.717) is 30.2 Å². The lowest BCUT2D eigenvalue weighted by Gasteiger charge is -2.11. The van der Waals surface area contributed by atoms with Gasteiger partial charge in [-0.1, -0.05) is 31.5 Å². The van der Waals surface area contributed by atoms with Crippen molar-refractivity contribution in [2.24, 2.45) is 0 Å². The molecule has 0 saturated carbocycles. The predicted molar refractivity (Wildman–Crippen MR) is 112 cm³/mol. The van der Waals surface area contributed by atoms with Crippen LogP contribution in [-0.2, 0) is 16.1 Å². The van der Waals surface area contributed by atoms with Crippen LogP contribution in [0.4, 0.5) is 0 Å². The molecule has 0 aliphatic heterocycles. The van der Waals surface area contributed by atoms with Crippen molar-refractivity contribution in [1.29, 1.82) is 0 Å². The molecule has 0 heterocycles. The number of amides is 1. The van der Waals surface area contributed by atoms with Crippen LogP contribution in [0, 0.1) is 0 Å². The number of carbonyl (C=O) groups excluding carboxylic acids is 2. The summed E-state index contributed by atoms with van der Waals surface area (Å²) in [7, 11) is 2.93. The van der Waals surface area contributed by atoms with E-state index >= 15 is 0 Å². The van der Waals surface area contributed by atoms with E-state index in [2.05, 4.69) is 17.0 Å². The van der Waals surface area contributed by atoms with Crippen LogP contribution < -0.4 is 14.8 Å². The molecule has 2 aromatic rings. The Morgan fingerprint density at radius 2 is 1.79 bits per heavy atom. The van der Waals surface area contributed by atoms with Crippen LogP contribution in [0.3, 0.4) is 0 Å². The van der Waals surface area contributed by atoms with Crippen LogP contribution in [-0.4, -0.2) is 32.7 Å². The molecule has 0 aliphatic rings. The number of rotatable bonds is 10. The molecule has 0 fully saturated rings. The van der Waals surface area contributed by atoms with Gasteiger partial charge in [-0.15, -0.1) is 0 Å². The fourth-order valence-corrected chi connectivity index (χ4v) is 2.53. The fourth-order valence-electron chi connectivity index (χ4n) is 2.53. The maximum absolute atomic E-state index is 12.1. The van der Waals surface area contributed by atoms with E-state index in [4.69, 9.17) is 9.47 Å². The van der Waals surface area contributed by atoms with Gasteiger partial charge in [0.25, 0.3) is 0 Å². The normalized spacial score (nSPS) is 10.6. The number of benzene rings is 2. The highest BCUT2D eigenvalue weighted by atomic mass is 16.5. The summed E-state index contributed by atoms with van der Waals surface area (Å²) in [6, 6.07) is 12.4. The molecule has 0 aromatic heterocycles. The van der Waals surface area contributed by atoms with Crippen molar-refractivity contribution >= 4 is 18.0 Å². The first-order chi connectivity index (χ1) is 14.1. The largest absolute Gasteiger partial charge is 0.493 e. The number of hydrogen-bond donors (Lipinski definition) is 1. The molecule has 2 rings (SSSR count). The third kappa shape index (κ3) is 6.99. The van der Waals surface area contributed by atoms with Crippen LogP contribution in [0.25, 0.3) is 6.08 Å². The number of carbonyl (C=O) groups is 2. The minimum Gasteiger partial charge on any atom is -0.493 e. The van der Waals surface area contributed by atoms with E-state index in [1.807, 2.05) is 18.2 Å². The van der Waals surface area contributed by atoms with E-state index in [1.54, 1.807) is 37.5 Å². The van der Waals surface area contributed by atoms with E-state index in [9.17, 15) is 9.59 Å². The van der Waals surface area contributed by atoms with E-state index in [-0.39, 0.29) is 11.9 Å². The minimum atomic E-state index is -0.388. The molecule has 0 bridgehead atoms. The number of hydrogen-bond acceptors (Lipinski definition) is 5. The lowest BCUT2D eigenvalue weighted by atomic mass is 10.1. The lowest BCUT2D eigenvalue weighted by Crippen LogP contribution is -2.20. The zero-order chi connectivity index (χ0) is 21.1. The van der Waals surface area contributed by atoms with Crippen LogP contribution in [0.1, 0.15) is 41.3 Å². The monoisotopic (exact) mass is 397 g/mol. The van der Waals surface area contributed by atoms with Gasteiger partial charge in [0, 0.05) is 12.6 Å². The van der Waals surface area contributed by atoms with Crippen LogP contribution in [0.15, 0.2) is 48.5 Å². The third-order valence-electron chi connectivity index (χ3n) is 4.21. The van der Waals surface area contributed by atoms with Gasteiger partial charge in [0.1, 0.15) is 0 Å². The Morgan fingerprint density at radius 3 is 2.45 bits per heavy atom. The Balaban J connectivity index is 1.90. The first-order valence-electron chi connectivity index (χ1n) is 9.51. The Kier molecular flexibility index (Phi) is 8.76. The molecule has 6 heteroatoms. The van der Waals surface area contributed by atoms with Crippen LogP contribution in [0.2, 0.25) is 0 Å². The number of esters is 1. The first kappa shape index (κ1) is 22.0. The Bertz CT molecular complexity index is 843. The second kappa shape index (κ2) is 11.5. The zero-order valence-corrected chi connectivity index (χ0v) is 17.1. The molecule has 0 spiro atoms. The summed E-state index contributed by atoms with van der Waals surface area (Å²) in [6.45, 7) is 3.11. The smallest absolute Gasteiger partial charge is 0.337 e. The second-order valence-electron chi connectivity index (χ2n) is 6.35. The van der Waals surface area contributed by atoms with E-state index in [1.165, 1.54) is 13.2 Å². The van der Waals surface area contributed by atoms with Gasteiger partial charge in [-0.2, -0.15) is 0 Å². The lowest BCUT2D eigenvalue weighted by molar-refractivity contribution is -0.116. The van der Waals surface area contributed by atoms with Gasteiger partial charge in [-0.05, 0) is 47.9 Å². The maximum Gasteiger partial charge on any atom is 0.337 e. The molecule has 6 nitrogen and oxygen atoms in total. The molecule has 154 valence electrons. The van der Waals surface area contributed by atoms with Crippen molar-refractivity contribution in [3.05, 3.63) is 65.2 Å². The van der Waals surface area contributed by atoms with Gasteiger partial charge in [0.05, 0.1) is 26.4 Å². The second-order valence-corrected chi connectivity index (χ2v) is 6.35.